The molecule has 1 fully saturated rings. The van der Waals surface area contributed by atoms with E-state index < -0.39 is 24.5 Å². The smallest absolute Gasteiger partial charge is 0.167 e. The number of nitrogens with one attached hydrogen (secondary N) is 2. The first kappa shape index (κ1) is 17.0. The van der Waals surface area contributed by atoms with E-state index in [0.717, 1.165) is 13.1 Å². The van der Waals surface area contributed by atoms with Gasteiger partial charge in [0.25, 0.3) is 0 Å². The van der Waals surface area contributed by atoms with Gasteiger partial charge >= 0.3 is 0 Å². The average molecular weight is 337 g/mol. The summed E-state index contributed by atoms with van der Waals surface area (Å²) in [5, 5.41) is 26.9. The number of nitrogens with zero attached hydrogens (tertiary/aromatic N) is 4. The number of hydrogen-bond acceptors (Lipinski definition) is 9. The minimum atomic E-state index is -1.09. The van der Waals surface area contributed by atoms with Crippen molar-refractivity contribution < 1.29 is 14.9 Å². The first-order valence-corrected chi connectivity index (χ1v) is 7.86. The summed E-state index contributed by atoms with van der Waals surface area (Å²) in [7, 11) is 1.86. The Morgan fingerprint density at radius 1 is 1.29 bits per heavy atom. The van der Waals surface area contributed by atoms with Gasteiger partial charge in [0, 0.05) is 19.6 Å². The minimum Gasteiger partial charge on any atom is -0.387 e. The predicted octanol–water partition coefficient (Wildman–Crippen LogP) is -1.85. The van der Waals surface area contributed by atoms with Crippen LogP contribution in [0.15, 0.2) is 6.33 Å². The molecule has 132 valence electrons. The number of hydrogen-bond donors (Lipinski definition) is 5. The van der Waals surface area contributed by atoms with Crippen LogP contribution in [0.1, 0.15) is 12.1 Å². The third-order valence-electron chi connectivity index (χ3n) is 4.17. The van der Waals surface area contributed by atoms with Crippen LogP contribution in [0, 0.1) is 6.92 Å². The second-order valence-corrected chi connectivity index (χ2v) is 5.81. The van der Waals surface area contributed by atoms with Crippen molar-refractivity contribution in [2.75, 3.05) is 32.4 Å². The van der Waals surface area contributed by atoms with Crippen molar-refractivity contribution in [2.24, 2.45) is 0 Å². The summed E-state index contributed by atoms with van der Waals surface area (Å²) in [4.78, 5) is 12.5. The van der Waals surface area contributed by atoms with E-state index in [4.69, 9.17) is 10.5 Å². The Morgan fingerprint density at radius 2 is 2.08 bits per heavy atom. The van der Waals surface area contributed by atoms with E-state index in [9.17, 15) is 10.2 Å². The van der Waals surface area contributed by atoms with Crippen LogP contribution in [0.2, 0.25) is 0 Å². The van der Waals surface area contributed by atoms with E-state index in [1.54, 1.807) is 11.5 Å². The van der Waals surface area contributed by atoms with Gasteiger partial charge in [-0.2, -0.15) is 0 Å². The fourth-order valence-electron chi connectivity index (χ4n) is 2.91. The molecule has 10 heteroatoms. The predicted molar refractivity (Wildman–Crippen MR) is 87.2 cm³/mol. The summed E-state index contributed by atoms with van der Waals surface area (Å²) in [6.07, 6.45) is -2.07. The number of aryl methyl sites for hydroxylation is 1. The third kappa shape index (κ3) is 2.94. The van der Waals surface area contributed by atoms with Crippen LogP contribution >= 0.6 is 0 Å². The first-order valence-electron chi connectivity index (χ1n) is 7.86. The van der Waals surface area contributed by atoms with Crippen molar-refractivity contribution in [1.29, 1.82) is 0 Å². The van der Waals surface area contributed by atoms with Gasteiger partial charge in [0.05, 0.1) is 0 Å². The molecule has 1 aliphatic rings. The van der Waals surface area contributed by atoms with Crippen LogP contribution in [-0.2, 0) is 4.74 Å². The zero-order valence-corrected chi connectivity index (χ0v) is 13.7. The number of nitrogen functional groups attached to an aromatic ring is 1. The summed E-state index contributed by atoms with van der Waals surface area (Å²) in [6.45, 7) is 3.73. The maximum atomic E-state index is 10.4. The van der Waals surface area contributed by atoms with E-state index >= 15 is 0 Å². The van der Waals surface area contributed by atoms with E-state index in [0.29, 0.717) is 23.5 Å². The molecule has 2 aromatic rings. The van der Waals surface area contributed by atoms with Crippen LogP contribution in [0.3, 0.4) is 0 Å². The zero-order valence-electron chi connectivity index (χ0n) is 13.7. The molecule has 0 amide bonds. The molecule has 0 saturated carbocycles. The molecule has 10 nitrogen and oxygen atoms in total. The number of aliphatic hydroxyl groups excluding tert-OH is 2. The van der Waals surface area contributed by atoms with Gasteiger partial charge in [-0.15, -0.1) is 0 Å². The van der Waals surface area contributed by atoms with Gasteiger partial charge in [0.15, 0.2) is 23.2 Å². The number of aliphatic hydroxyl groups is 2. The molecule has 0 unspecified atom stereocenters. The van der Waals surface area contributed by atoms with E-state index in [-0.39, 0.29) is 5.82 Å². The molecule has 0 spiro atoms. The fraction of sp³-hybridized carbons (Fsp3) is 0.643. The van der Waals surface area contributed by atoms with E-state index in [1.807, 2.05) is 7.05 Å². The number of aromatic nitrogens is 4. The Labute approximate surface area is 139 Å². The second-order valence-electron chi connectivity index (χ2n) is 5.81. The lowest BCUT2D eigenvalue weighted by atomic mass is 10.1. The Morgan fingerprint density at radius 3 is 2.83 bits per heavy atom. The van der Waals surface area contributed by atoms with Crippen molar-refractivity contribution in [2.45, 2.75) is 31.5 Å². The van der Waals surface area contributed by atoms with Crippen LogP contribution in [0.25, 0.3) is 11.2 Å². The Bertz CT molecular complexity index is 707. The number of fused-ring (bicyclic) bond motifs is 1. The highest BCUT2D eigenvalue weighted by molar-refractivity contribution is 5.81. The molecule has 0 aliphatic carbocycles. The van der Waals surface area contributed by atoms with Crippen molar-refractivity contribution >= 4 is 17.0 Å². The molecule has 4 atom stereocenters. The van der Waals surface area contributed by atoms with Gasteiger partial charge in [-0.1, -0.05) is 0 Å². The van der Waals surface area contributed by atoms with Crippen LogP contribution in [0.5, 0.6) is 0 Å². The highest BCUT2D eigenvalue weighted by Crippen LogP contribution is 2.33. The average Bonchev–Trinajstić information content (AvgIpc) is 3.03. The van der Waals surface area contributed by atoms with Crippen LogP contribution in [0.4, 0.5) is 5.82 Å². The van der Waals surface area contributed by atoms with Crippen molar-refractivity contribution in [1.82, 2.24) is 30.2 Å². The number of imidazole rings is 1. The highest BCUT2D eigenvalue weighted by atomic mass is 16.6. The normalized spacial score (nSPS) is 27.2. The van der Waals surface area contributed by atoms with Crippen LogP contribution in [-0.4, -0.2) is 74.7 Å². The maximum absolute atomic E-state index is 10.4. The number of ether oxygens (including phenoxy) is 1. The second kappa shape index (κ2) is 6.95. The van der Waals surface area contributed by atoms with Gasteiger partial charge in [-0.05, 0) is 14.0 Å². The van der Waals surface area contributed by atoms with Crippen LogP contribution < -0.4 is 16.4 Å². The van der Waals surface area contributed by atoms with Crippen molar-refractivity contribution in [3.63, 3.8) is 0 Å². The Balaban J connectivity index is 1.82. The molecule has 3 heterocycles. The molecule has 3 rings (SSSR count). The molecule has 6 N–H and O–H groups in total. The maximum Gasteiger partial charge on any atom is 0.167 e. The molecule has 1 aliphatic heterocycles. The number of anilines is 1. The summed E-state index contributed by atoms with van der Waals surface area (Å²) >= 11 is 0. The summed E-state index contributed by atoms with van der Waals surface area (Å²) in [5.74, 6) is 0.845. The minimum absolute atomic E-state index is 0.264. The quantitative estimate of drug-likeness (QED) is 0.383. The van der Waals surface area contributed by atoms with Gasteiger partial charge < -0.3 is 31.3 Å². The van der Waals surface area contributed by atoms with Gasteiger partial charge in [0.2, 0.25) is 0 Å². The van der Waals surface area contributed by atoms with Gasteiger partial charge in [-0.25, -0.2) is 15.0 Å². The standard InChI is InChI=1S/C14H23N7O3/c1-7-20-9-12(15)18-6-19-13(9)21(7)14-11(23)10(22)8(24-14)5-17-4-3-16-2/h6,8,10-11,14,16-17,22-23H,3-5H2,1-2H3,(H2,15,18,19)/t8-,10-,11-,14-/m1/s1. The molecular formula is C14H23N7O3. The third-order valence-corrected chi connectivity index (χ3v) is 4.17. The molecule has 1 saturated heterocycles. The lowest BCUT2D eigenvalue weighted by molar-refractivity contribution is -0.0351. The topological polar surface area (TPSA) is 143 Å². The Hall–Kier alpha value is -1.85. The van der Waals surface area contributed by atoms with Crippen molar-refractivity contribution in [3.8, 4) is 0 Å². The summed E-state index contributed by atoms with van der Waals surface area (Å²) < 4.78 is 7.53. The molecule has 0 bridgehead atoms. The largest absolute Gasteiger partial charge is 0.387 e. The number of nitrogens with two attached hydrogens (primary N) is 1. The first-order chi connectivity index (χ1) is 11.5. The highest BCUT2D eigenvalue weighted by Gasteiger charge is 2.44. The number of likely N-dealkylation sites (N-methyl/N-ethyl adjacent to an activating group) is 1. The van der Waals surface area contributed by atoms with E-state index in [2.05, 4.69) is 25.6 Å². The SMILES string of the molecule is CNCCNC[C@H]1O[C@@H](n2c(C)nc3c(N)ncnc32)[C@H](O)[C@@H]1O. The van der Waals surface area contributed by atoms with Crippen molar-refractivity contribution in [3.05, 3.63) is 12.2 Å². The molecule has 0 aromatic carbocycles. The molecule has 2 aromatic heterocycles. The summed E-state index contributed by atoms with van der Waals surface area (Å²) in [6, 6.07) is 0. The van der Waals surface area contributed by atoms with Gasteiger partial charge in [-0.3, -0.25) is 4.57 Å². The van der Waals surface area contributed by atoms with Gasteiger partial charge in [0.1, 0.15) is 30.5 Å². The lowest BCUT2D eigenvalue weighted by Gasteiger charge is -2.18. The lowest BCUT2D eigenvalue weighted by Crippen LogP contribution is -2.39. The molecule has 24 heavy (non-hydrogen) atoms. The monoisotopic (exact) mass is 337 g/mol. The number of rotatable bonds is 6. The summed E-state index contributed by atoms with van der Waals surface area (Å²) in [5.41, 5.74) is 6.75. The molecule has 0 radical (unpaired) electrons. The Kier molecular flexibility index (Phi) is 4.92. The molecular weight excluding hydrogens is 314 g/mol. The fourth-order valence-corrected chi connectivity index (χ4v) is 2.91. The van der Waals surface area contributed by atoms with E-state index in [1.165, 1.54) is 6.33 Å². The zero-order chi connectivity index (χ0) is 17.3.